The summed E-state index contributed by atoms with van der Waals surface area (Å²) in [5, 5.41) is 4.92. The zero-order valence-corrected chi connectivity index (χ0v) is 11.6. The van der Waals surface area contributed by atoms with Gasteiger partial charge in [-0.1, -0.05) is 28.4 Å². The van der Waals surface area contributed by atoms with Crippen LogP contribution < -0.4 is 0 Å². The molecule has 2 rings (SSSR count). The first-order valence-corrected chi connectivity index (χ1v) is 6.01. The van der Waals surface area contributed by atoms with Gasteiger partial charge in [0.1, 0.15) is 11.1 Å². The predicted octanol–water partition coefficient (Wildman–Crippen LogP) is 4.09. The number of nitrogens with zero attached hydrogens (tertiary/aromatic N) is 1. The molecule has 0 aliphatic carbocycles. The van der Waals surface area contributed by atoms with Gasteiger partial charge in [0.2, 0.25) is 0 Å². The van der Waals surface area contributed by atoms with Gasteiger partial charge in [-0.05, 0) is 32.9 Å². The highest BCUT2D eigenvalue weighted by Crippen LogP contribution is 2.30. The Morgan fingerprint density at radius 1 is 1.33 bits per heavy atom. The van der Waals surface area contributed by atoms with Crippen LogP contribution in [0.3, 0.4) is 0 Å². The zero-order valence-electron chi connectivity index (χ0n) is 10.1. The minimum absolute atomic E-state index is 0.00400. The number of esters is 1. The molecule has 0 N–H and O–H groups in total. The molecule has 0 amide bonds. The lowest BCUT2D eigenvalue weighted by molar-refractivity contribution is 0.00308. The molecule has 0 radical (unpaired) electrons. The van der Waals surface area contributed by atoms with Gasteiger partial charge in [-0.15, -0.1) is 0 Å². The van der Waals surface area contributed by atoms with Crippen LogP contribution in [0.25, 0.3) is 10.9 Å². The number of benzene rings is 1. The van der Waals surface area contributed by atoms with Gasteiger partial charge in [0.25, 0.3) is 5.76 Å². The Hall–Kier alpha value is -1.26. The van der Waals surface area contributed by atoms with Crippen LogP contribution in [0.2, 0.25) is 10.0 Å². The quantitative estimate of drug-likeness (QED) is 0.741. The molecule has 0 saturated heterocycles. The minimum atomic E-state index is -0.613. The number of ether oxygens (including phenoxy) is 1. The van der Waals surface area contributed by atoms with E-state index < -0.39 is 11.6 Å². The summed E-state index contributed by atoms with van der Waals surface area (Å²) < 4.78 is 10.2. The summed E-state index contributed by atoms with van der Waals surface area (Å²) in [4.78, 5) is 11.9. The van der Waals surface area contributed by atoms with E-state index in [1.807, 2.05) is 0 Å². The van der Waals surface area contributed by atoms with Crippen molar-refractivity contribution in [3.05, 3.63) is 27.9 Å². The average molecular weight is 288 g/mol. The molecule has 18 heavy (non-hydrogen) atoms. The van der Waals surface area contributed by atoms with Crippen molar-refractivity contribution in [1.82, 2.24) is 5.16 Å². The summed E-state index contributed by atoms with van der Waals surface area (Å²) in [5.41, 5.74) is -0.222. The van der Waals surface area contributed by atoms with Crippen LogP contribution in [0.15, 0.2) is 16.7 Å². The summed E-state index contributed by atoms with van der Waals surface area (Å²) >= 11 is 11.8. The van der Waals surface area contributed by atoms with Crippen LogP contribution in [0.4, 0.5) is 0 Å². The normalized spacial score (nSPS) is 11.8. The Bertz CT molecular complexity index is 614. The van der Waals surface area contributed by atoms with Gasteiger partial charge in [-0.25, -0.2) is 4.79 Å². The van der Waals surface area contributed by atoms with E-state index in [0.29, 0.717) is 20.9 Å². The monoisotopic (exact) mass is 287 g/mol. The number of carbonyl (C=O) groups excluding carboxylic acids is 1. The Morgan fingerprint density at radius 3 is 2.61 bits per heavy atom. The molecule has 1 aromatic carbocycles. The molecular formula is C12H11Cl2NO3. The van der Waals surface area contributed by atoms with Gasteiger partial charge >= 0.3 is 5.97 Å². The molecule has 0 aliphatic heterocycles. The largest absolute Gasteiger partial charge is 0.454 e. The van der Waals surface area contributed by atoms with Gasteiger partial charge in [-0.2, -0.15) is 0 Å². The highest BCUT2D eigenvalue weighted by molar-refractivity contribution is 6.38. The maximum absolute atomic E-state index is 11.9. The van der Waals surface area contributed by atoms with E-state index in [0.717, 1.165) is 0 Å². The first kappa shape index (κ1) is 13.2. The lowest BCUT2D eigenvalue weighted by Crippen LogP contribution is -2.23. The molecular weight excluding hydrogens is 277 g/mol. The number of carbonyl (C=O) groups is 1. The SMILES string of the molecule is CC(C)(C)OC(=O)c1onc2c(Cl)cc(Cl)cc12. The lowest BCUT2D eigenvalue weighted by atomic mass is 10.2. The third-order valence-electron chi connectivity index (χ3n) is 2.09. The first-order chi connectivity index (χ1) is 8.28. The van der Waals surface area contributed by atoms with E-state index in [9.17, 15) is 4.79 Å². The van der Waals surface area contributed by atoms with Crippen molar-refractivity contribution in [2.45, 2.75) is 26.4 Å². The number of fused-ring (bicyclic) bond motifs is 1. The smallest absolute Gasteiger partial charge is 0.378 e. The lowest BCUT2D eigenvalue weighted by Gasteiger charge is -2.18. The molecule has 0 saturated carbocycles. The van der Waals surface area contributed by atoms with E-state index >= 15 is 0 Å². The Morgan fingerprint density at radius 2 is 2.00 bits per heavy atom. The van der Waals surface area contributed by atoms with Crippen molar-refractivity contribution in [2.75, 3.05) is 0 Å². The molecule has 1 aromatic heterocycles. The molecule has 0 fully saturated rings. The minimum Gasteiger partial charge on any atom is -0.454 e. The van der Waals surface area contributed by atoms with Crippen LogP contribution in [0.1, 0.15) is 31.3 Å². The molecule has 6 heteroatoms. The van der Waals surface area contributed by atoms with Gasteiger partial charge in [0.05, 0.1) is 10.4 Å². The molecule has 0 unspecified atom stereocenters. The second-order valence-corrected chi connectivity index (χ2v) is 5.64. The van der Waals surface area contributed by atoms with Crippen molar-refractivity contribution in [3.8, 4) is 0 Å². The summed E-state index contributed by atoms with van der Waals surface area (Å²) in [7, 11) is 0. The maximum Gasteiger partial charge on any atom is 0.378 e. The predicted molar refractivity (Wildman–Crippen MR) is 69.2 cm³/mol. The summed E-state index contributed by atoms with van der Waals surface area (Å²) in [5.74, 6) is -0.590. The second kappa shape index (κ2) is 4.44. The third-order valence-corrected chi connectivity index (χ3v) is 2.59. The number of hydrogen-bond acceptors (Lipinski definition) is 4. The molecule has 0 spiro atoms. The van der Waals surface area contributed by atoms with Crippen molar-refractivity contribution < 1.29 is 14.1 Å². The van der Waals surface area contributed by atoms with Gasteiger partial charge < -0.3 is 9.26 Å². The molecule has 2 aromatic rings. The Kier molecular flexibility index (Phi) is 3.25. The van der Waals surface area contributed by atoms with Crippen LogP contribution >= 0.6 is 23.2 Å². The second-order valence-electron chi connectivity index (χ2n) is 4.80. The number of halogens is 2. The first-order valence-electron chi connectivity index (χ1n) is 5.26. The molecule has 96 valence electrons. The highest BCUT2D eigenvalue weighted by atomic mass is 35.5. The van der Waals surface area contributed by atoms with Crippen LogP contribution in [0, 0.1) is 0 Å². The highest BCUT2D eigenvalue weighted by Gasteiger charge is 2.24. The maximum atomic E-state index is 11.9. The van der Waals surface area contributed by atoms with E-state index in [1.165, 1.54) is 6.07 Å². The van der Waals surface area contributed by atoms with Crippen molar-refractivity contribution in [3.63, 3.8) is 0 Å². The molecule has 4 nitrogen and oxygen atoms in total. The number of rotatable bonds is 1. The summed E-state index contributed by atoms with van der Waals surface area (Å²) in [6.45, 7) is 5.30. The number of hydrogen-bond donors (Lipinski definition) is 0. The zero-order chi connectivity index (χ0) is 13.5. The molecule has 1 heterocycles. The van der Waals surface area contributed by atoms with E-state index in [-0.39, 0.29) is 5.76 Å². The topological polar surface area (TPSA) is 52.3 Å². The van der Waals surface area contributed by atoms with Crippen molar-refractivity contribution in [1.29, 1.82) is 0 Å². The fraction of sp³-hybridized carbons (Fsp3) is 0.333. The third kappa shape index (κ3) is 2.60. The van der Waals surface area contributed by atoms with Crippen molar-refractivity contribution >= 4 is 40.1 Å². The average Bonchev–Trinajstić information content (AvgIpc) is 2.58. The van der Waals surface area contributed by atoms with Gasteiger partial charge in [-0.3, -0.25) is 0 Å². The van der Waals surface area contributed by atoms with E-state index in [1.54, 1.807) is 26.8 Å². The molecule has 0 aliphatic rings. The van der Waals surface area contributed by atoms with E-state index in [4.69, 9.17) is 32.5 Å². The molecule has 0 atom stereocenters. The Balaban J connectivity index is 2.49. The number of aromatic nitrogens is 1. The van der Waals surface area contributed by atoms with Crippen LogP contribution in [-0.2, 0) is 4.74 Å². The summed E-state index contributed by atoms with van der Waals surface area (Å²) in [6, 6.07) is 3.10. The fourth-order valence-electron chi connectivity index (χ4n) is 1.44. The molecule has 0 bridgehead atoms. The summed E-state index contributed by atoms with van der Waals surface area (Å²) in [6.07, 6.45) is 0. The van der Waals surface area contributed by atoms with Crippen molar-refractivity contribution in [2.24, 2.45) is 0 Å². The van der Waals surface area contributed by atoms with E-state index in [2.05, 4.69) is 5.16 Å². The van der Waals surface area contributed by atoms with Gasteiger partial charge in [0.15, 0.2) is 0 Å². The van der Waals surface area contributed by atoms with Gasteiger partial charge in [0, 0.05) is 5.02 Å². The van der Waals surface area contributed by atoms with Crippen LogP contribution in [0.5, 0.6) is 0 Å². The fourth-order valence-corrected chi connectivity index (χ4v) is 1.97. The van der Waals surface area contributed by atoms with Crippen LogP contribution in [-0.4, -0.2) is 16.7 Å². The Labute approximate surface area is 114 Å². The standard InChI is InChI=1S/C12H11Cl2NO3/c1-12(2,3)17-11(16)10-7-4-6(13)5-8(14)9(7)15-18-10/h4-5H,1-3H3.